The van der Waals surface area contributed by atoms with Gasteiger partial charge in [-0.15, -0.1) is 0 Å². The van der Waals surface area contributed by atoms with Crippen molar-refractivity contribution in [2.24, 2.45) is 12.8 Å². The Labute approximate surface area is 129 Å². The number of aryl methyl sites for hydroxylation is 2. The first kappa shape index (κ1) is 16.3. The van der Waals surface area contributed by atoms with E-state index in [9.17, 15) is 0 Å². The van der Waals surface area contributed by atoms with E-state index in [4.69, 9.17) is 5.73 Å². The lowest BCUT2D eigenvalue weighted by Crippen LogP contribution is -2.43. The second-order valence-electron chi connectivity index (χ2n) is 6.57. The number of aromatic nitrogens is 2. The lowest BCUT2D eigenvalue weighted by atomic mass is 10.0. The van der Waals surface area contributed by atoms with Crippen LogP contribution in [0.2, 0.25) is 0 Å². The predicted octanol–water partition coefficient (Wildman–Crippen LogP) is 1.54. The van der Waals surface area contributed by atoms with Gasteiger partial charge in [0, 0.05) is 37.8 Å². The van der Waals surface area contributed by atoms with Crippen molar-refractivity contribution in [3.05, 3.63) is 11.3 Å². The molecule has 0 aliphatic carbocycles. The van der Waals surface area contributed by atoms with E-state index in [1.54, 1.807) is 0 Å². The highest BCUT2D eigenvalue weighted by atomic mass is 15.4. The fraction of sp³-hybridized carbons (Fsp3) is 0.812. The van der Waals surface area contributed by atoms with Gasteiger partial charge in [0.05, 0.1) is 5.69 Å². The maximum Gasteiger partial charge on any atom is 0.130 e. The van der Waals surface area contributed by atoms with E-state index in [0.717, 1.165) is 31.6 Å². The molecule has 0 saturated carbocycles. The molecule has 1 unspecified atom stereocenters. The second kappa shape index (κ2) is 6.79. The Morgan fingerprint density at radius 2 is 1.95 bits per heavy atom. The van der Waals surface area contributed by atoms with Gasteiger partial charge in [-0.25, -0.2) is 0 Å². The SMILES string of the molecule is CCC(N)Cc1c(C)nn(C)c1N1CCC(N(C)C)CC1. The summed E-state index contributed by atoms with van der Waals surface area (Å²) in [6, 6.07) is 0.933. The molecule has 0 radical (unpaired) electrons. The fourth-order valence-electron chi connectivity index (χ4n) is 3.32. The molecule has 21 heavy (non-hydrogen) atoms. The van der Waals surface area contributed by atoms with Crippen LogP contribution in [0.5, 0.6) is 0 Å². The number of hydrogen-bond donors (Lipinski definition) is 1. The van der Waals surface area contributed by atoms with E-state index in [2.05, 4.69) is 49.9 Å². The van der Waals surface area contributed by atoms with Crippen LogP contribution in [0.1, 0.15) is 37.4 Å². The van der Waals surface area contributed by atoms with Gasteiger partial charge in [0.15, 0.2) is 0 Å². The molecule has 1 fully saturated rings. The molecule has 0 amide bonds. The Bertz CT molecular complexity index is 457. The summed E-state index contributed by atoms with van der Waals surface area (Å²) in [6.45, 7) is 6.47. The summed E-state index contributed by atoms with van der Waals surface area (Å²) in [6.07, 6.45) is 4.38. The molecule has 1 aromatic heterocycles. The first-order valence-corrected chi connectivity index (χ1v) is 8.13. The number of rotatable bonds is 5. The fourth-order valence-corrected chi connectivity index (χ4v) is 3.32. The third-order valence-corrected chi connectivity index (χ3v) is 4.80. The molecule has 1 saturated heterocycles. The standard InChI is InChI=1S/C16H31N5/c1-6-13(17)11-15-12(2)18-20(5)16(15)21-9-7-14(8-10-21)19(3)4/h13-14H,6-11,17H2,1-5H3. The van der Waals surface area contributed by atoms with Crippen molar-refractivity contribution >= 4 is 5.82 Å². The van der Waals surface area contributed by atoms with Crippen molar-refractivity contribution in [2.45, 2.75) is 51.6 Å². The Kier molecular flexibility index (Phi) is 5.27. The van der Waals surface area contributed by atoms with Gasteiger partial charge in [-0.3, -0.25) is 4.68 Å². The monoisotopic (exact) mass is 293 g/mol. The molecule has 0 bridgehead atoms. The van der Waals surface area contributed by atoms with Gasteiger partial charge in [-0.1, -0.05) is 6.92 Å². The minimum absolute atomic E-state index is 0.228. The van der Waals surface area contributed by atoms with E-state index < -0.39 is 0 Å². The maximum absolute atomic E-state index is 6.18. The lowest BCUT2D eigenvalue weighted by molar-refractivity contribution is 0.249. The summed E-state index contributed by atoms with van der Waals surface area (Å²) in [5.74, 6) is 1.29. The minimum Gasteiger partial charge on any atom is -0.356 e. The normalized spacial score (nSPS) is 18.5. The van der Waals surface area contributed by atoms with E-state index in [-0.39, 0.29) is 6.04 Å². The first-order chi connectivity index (χ1) is 9.93. The summed E-state index contributed by atoms with van der Waals surface area (Å²) in [5, 5.41) is 4.64. The van der Waals surface area contributed by atoms with Gasteiger partial charge in [0.2, 0.25) is 0 Å². The molecule has 0 spiro atoms. The van der Waals surface area contributed by atoms with Crippen LogP contribution in [0.3, 0.4) is 0 Å². The van der Waals surface area contributed by atoms with Crippen molar-refractivity contribution in [3.63, 3.8) is 0 Å². The van der Waals surface area contributed by atoms with Crippen molar-refractivity contribution in [1.29, 1.82) is 0 Å². The molecule has 2 N–H and O–H groups in total. The van der Waals surface area contributed by atoms with Gasteiger partial charge in [-0.05, 0) is 46.7 Å². The van der Waals surface area contributed by atoms with Crippen LogP contribution in [0.4, 0.5) is 5.82 Å². The number of hydrogen-bond acceptors (Lipinski definition) is 4. The van der Waals surface area contributed by atoms with Crippen LogP contribution in [-0.4, -0.2) is 53.9 Å². The van der Waals surface area contributed by atoms with Crippen LogP contribution in [0.25, 0.3) is 0 Å². The van der Waals surface area contributed by atoms with Crippen LogP contribution in [-0.2, 0) is 13.5 Å². The molecule has 0 aromatic carbocycles. The summed E-state index contributed by atoms with van der Waals surface area (Å²) in [5.41, 5.74) is 8.65. The molecule has 2 heterocycles. The number of nitrogens with two attached hydrogens (primary N) is 1. The zero-order valence-corrected chi connectivity index (χ0v) is 14.3. The first-order valence-electron chi connectivity index (χ1n) is 8.13. The van der Waals surface area contributed by atoms with Gasteiger partial charge < -0.3 is 15.5 Å². The highest BCUT2D eigenvalue weighted by molar-refractivity contribution is 5.51. The number of piperidine rings is 1. The van der Waals surface area contributed by atoms with Crippen LogP contribution in [0.15, 0.2) is 0 Å². The topological polar surface area (TPSA) is 50.3 Å². The third kappa shape index (κ3) is 3.58. The lowest BCUT2D eigenvalue weighted by Gasteiger charge is -2.36. The van der Waals surface area contributed by atoms with E-state index >= 15 is 0 Å². The average Bonchev–Trinajstić information content (AvgIpc) is 2.73. The second-order valence-corrected chi connectivity index (χ2v) is 6.57. The van der Waals surface area contributed by atoms with Gasteiger partial charge >= 0.3 is 0 Å². The Hall–Kier alpha value is -1.07. The van der Waals surface area contributed by atoms with E-state index in [1.165, 1.54) is 24.2 Å². The van der Waals surface area contributed by atoms with Crippen molar-refractivity contribution in [2.75, 3.05) is 32.1 Å². The molecule has 1 aliphatic rings. The highest BCUT2D eigenvalue weighted by Crippen LogP contribution is 2.28. The maximum atomic E-state index is 6.18. The average molecular weight is 293 g/mol. The minimum atomic E-state index is 0.228. The van der Waals surface area contributed by atoms with Gasteiger partial charge in [0.25, 0.3) is 0 Å². The molecule has 1 aromatic rings. The largest absolute Gasteiger partial charge is 0.356 e. The highest BCUT2D eigenvalue weighted by Gasteiger charge is 2.26. The van der Waals surface area contributed by atoms with Crippen LogP contribution < -0.4 is 10.6 Å². The molecular weight excluding hydrogens is 262 g/mol. The number of anilines is 1. The molecular formula is C16H31N5. The summed E-state index contributed by atoms with van der Waals surface area (Å²) < 4.78 is 2.04. The summed E-state index contributed by atoms with van der Waals surface area (Å²) in [4.78, 5) is 4.84. The zero-order chi connectivity index (χ0) is 15.6. The summed E-state index contributed by atoms with van der Waals surface area (Å²) >= 11 is 0. The smallest absolute Gasteiger partial charge is 0.130 e. The number of nitrogens with zero attached hydrogens (tertiary/aromatic N) is 4. The van der Waals surface area contributed by atoms with Gasteiger partial charge in [0.1, 0.15) is 5.82 Å². The van der Waals surface area contributed by atoms with Gasteiger partial charge in [-0.2, -0.15) is 5.10 Å². The molecule has 5 nitrogen and oxygen atoms in total. The van der Waals surface area contributed by atoms with Crippen LogP contribution >= 0.6 is 0 Å². The van der Waals surface area contributed by atoms with Crippen LogP contribution in [0, 0.1) is 6.92 Å². The Morgan fingerprint density at radius 3 is 2.48 bits per heavy atom. The Morgan fingerprint density at radius 1 is 1.33 bits per heavy atom. The molecule has 5 heteroatoms. The van der Waals surface area contributed by atoms with E-state index in [1.807, 2.05) is 4.68 Å². The van der Waals surface area contributed by atoms with Crippen molar-refractivity contribution in [1.82, 2.24) is 14.7 Å². The quantitative estimate of drug-likeness (QED) is 0.895. The van der Waals surface area contributed by atoms with Crippen molar-refractivity contribution < 1.29 is 0 Å². The van der Waals surface area contributed by atoms with E-state index in [0.29, 0.717) is 6.04 Å². The zero-order valence-electron chi connectivity index (χ0n) is 14.3. The predicted molar refractivity (Wildman–Crippen MR) is 88.8 cm³/mol. The van der Waals surface area contributed by atoms with Crippen molar-refractivity contribution in [3.8, 4) is 0 Å². The molecule has 1 atom stereocenters. The Balaban J connectivity index is 2.16. The molecule has 2 rings (SSSR count). The molecule has 1 aliphatic heterocycles. The molecule has 120 valence electrons. The summed E-state index contributed by atoms with van der Waals surface area (Å²) in [7, 11) is 6.42. The third-order valence-electron chi connectivity index (χ3n) is 4.80.